The molecule has 2 heterocycles. The summed E-state index contributed by atoms with van der Waals surface area (Å²) < 4.78 is 5.59. The van der Waals surface area contributed by atoms with Crippen molar-refractivity contribution in [3.05, 3.63) is 56.4 Å². The molecule has 1 aliphatic rings. The maximum atomic E-state index is 12.4. The lowest BCUT2D eigenvalue weighted by Crippen LogP contribution is -2.28. The van der Waals surface area contributed by atoms with E-state index in [1.165, 1.54) is 16.0 Å². The molecule has 0 atom stereocenters. The van der Waals surface area contributed by atoms with E-state index in [1.54, 1.807) is 11.3 Å². The molecule has 3 aromatic rings. The lowest BCUT2D eigenvalue weighted by molar-refractivity contribution is -0.121. The minimum Gasteiger partial charge on any atom is -0.492 e. The summed E-state index contributed by atoms with van der Waals surface area (Å²) in [6.07, 6.45) is 3.82. The number of rotatable bonds is 7. The minimum atomic E-state index is -0.0797. The molecule has 0 saturated carbocycles. The van der Waals surface area contributed by atoms with Crippen LogP contribution in [0, 0.1) is 6.92 Å². The average molecular weight is 398 g/mol. The van der Waals surface area contributed by atoms with Crippen molar-refractivity contribution in [2.45, 2.75) is 39.0 Å². The van der Waals surface area contributed by atoms with Crippen molar-refractivity contribution in [1.29, 1.82) is 0 Å². The van der Waals surface area contributed by atoms with Gasteiger partial charge in [0, 0.05) is 17.7 Å². The average Bonchev–Trinajstić information content (AvgIpc) is 3.25. The standard InChI is InChI=1S/C21H23N3O3S/c1-13-5-7-14(8-6-13)27-12-11-22-18(25)10-9-17-23-20(26)19-15-3-2-4-16(15)28-21(19)24-17/h5-8H,2-4,9-12H2,1H3,(H,22,25)(H,23,24,26). The fraction of sp³-hybridized carbons (Fsp3) is 0.381. The Labute approximate surface area is 167 Å². The number of fused-ring (bicyclic) bond motifs is 3. The van der Waals surface area contributed by atoms with Gasteiger partial charge in [-0.3, -0.25) is 9.59 Å². The number of carbonyl (C=O) groups is 1. The predicted octanol–water partition coefficient (Wildman–Crippen LogP) is 2.91. The first-order valence-electron chi connectivity index (χ1n) is 9.60. The molecule has 0 fully saturated rings. The molecule has 0 radical (unpaired) electrons. The fourth-order valence-electron chi connectivity index (χ4n) is 3.48. The summed E-state index contributed by atoms with van der Waals surface area (Å²) in [4.78, 5) is 34.0. The first kappa shape index (κ1) is 18.7. The van der Waals surface area contributed by atoms with E-state index in [-0.39, 0.29) is 17.9 Å². The normalized spacial score (nSPS) is 12.9. The van der Waals surface area contributed by atoms with Crippen LogP contribution in [0.15, 0.2) is 29.1 Å². The van der Waals surface area contributed by atoms with E-state index in [2.05, 4.69) is 15.3 Å². The first-order valence-corrected chi connectivity index (χ1v) is 10.4. The Morgan fingerprint density at radius 2 is 2.11 bits per heavy atom. The Kier molecular flexibility index (Phi) is 5.43. The van der Waals surface area contributed by atoms with Gasteiger partial charge in [-0.05, 0) is 43.9 Å². The number of H-pyrrole nitrogens is 1. The van der Waals surface area contributed by atoms with Crippen molar-refractivity contribution in [3.8, 4) is 5.75 Å². The van der Waals surface area contributed by atoms with Crippen LogP contribution in [0.5, 0.6) is 5.75 Å². The lowest BCUT2D eigenvalue weighted by Gasteiger charge is -2.08. The number of nitrogens with one attached hydrogen (secondary N) is 2. The van der Waals surface area contributed by atoms with Gasteiger partial charge in [-0.25, -0.2) is 4.98 Å². The molecule has 2 aromatic heterocycles. The van der Waals surface area contributed by atoms with Gasteiger partial charge < -0.3 is 15.0 Å². The molecule has 2 N–H and O–H groups in total. The molecular formula is C21H23N3O3S. The van der Waals surface area contributed by atoms with Gasteiger partial charge >= 0.3 is 0 Å². The van der Waals surface area contributed by atoms with Gasteiger partial charge in [0.1, 0.15) is 23.0 Å². The van der Waals surface area contributed by atoms with Crippen LogP contribution in [0.25, 0.3) is 10.2 Å². The topological polar surface area (TPSA) is 84.1 Å². The molecule has 4 rings (SSSR count). The Balaban J connectivity index is 1.26. The second-order valence-electron chi connectivity index (χ2n) is 7.06. The highest BCUT2D eigenvalue weighted by atomic mass is 32.1. The molecular weight excluding hydrogens is 374 g/mol. The van der Waals surface area contributed by atoms with Crippen molar-refractivity contribution < 1.29 is 9.53 Å². The summed E-state index contributed by atoms with van der Waals surface area (Å²) in [6.45, 7) is 2.87. The van der Waals surface area contributed by atoms with Gasteiger partial charge in [0.05, 0.1) is 11.9 Å². The fourth-order valence-corrected chi connectivity index (χ4v) is 4.76. The highest BCUT2D eigenvalue weighted by Crippen LogP contribution is 2.34. The molecule has 0 saturated heterocycles. The molecule has 0 bridgehead atoms. The molecule has 1 aliphatic carbocycles. The number of nitrogens with zero attached hydrogens (tertiary/aromatic N) is 1. The zero-order valence-corrected chi connectivity index (χ0v) is 16.7. The third kappa shape index (κ3) is 4.09. The van der Waals surface area contributed by atoms with E-state index in [4.69, 9.17) is 4.74 Å². The molecule has 0 aliphatic heterocycles. The number of aromatic amines is 1. The summed E-state index contributed by atoms with van der Waals surface area (Å²) in [5, 5.41) is 3.59. The number of amides is 1. The van der Waals surface area contributed by atoms with Crippen LogP contribution in [0.1, 0.15) is 34.7 Å². The van der Waals surface area contributed by atoms with Crippen molar-refractivity contribution in [1.82, 2.24) is 15.3 Å². The van der Waals surface area contributed by atoms with Crippen LogP contribution >= 0.6 is 11.3 Å². The van der Waals surface area contributed by atoms with Gasteiger partial charge in [0.2, 0.25) is 5.91 Å². The third-order valence-electron chi connectivity index (χ3n) is 4.93. The van der Waals surface area contributed by atoms with E-state index < -0.39 is 0 Å². The van der Waals surface area contributed by atoms with Gasteiger partial charge in [-0.15, -0.1) is 11.3 Å². The first-order chi connectivity index (χ1) is 13.6. The van der Waals surface area contributed by atoms with Crippen molar-refractivity contribution in [3.63, 3.8) is 0 Å². The van der Waals surface area contributed by atoms with Crippen molar-refractivity contribution in [2.24, 2.45) is 0 Å². The van der Waals surface area contributed by atoms with Crippen LogP contribution in [0.2, 0.25) is 0 Å². The van der Waals surface area contributed by atoms with Gasteiger partial charge in [0.15, 0.2) is 0 Å². The van der Waals surface area contributed by atoms with E-state index >= 15 is 0 Å². The van der Waals surface area contributed by atoms with Crippen LogP contribution in [0.4, 0.5) is 0 Å². The Morgan fingerprint density at radius 1 is 1.29 bits per heavy atom. The summed E-state index contributed by atoms with van der Waals surface area (Å²) in [5.74, 6) is 1.28. The zero-order chi connectivity index (χ0) is 19.5. The number of aryl methyl sites for hydroxylation is 4. The third-order valence-corrected chi connectivity index (χ3v) is 6.11. The predicted molar refractivity (Wildman–Crippen MR) is 110 cm³/mol. The molecule has 0 spiro atoms. The molecule has 1 amide bonds. The lowest BCUT2D eigenvalue weighted by atomic mass is 10.2. The van der Waals surface area contributed by atoms with Crippen molar-refractivity contribution >= 4 is 27.5 Å². The Bertz CT molecular complexity index is 1050. The monoisotopic (exact) mass is 397 g/mol. The summed E-state index contributed by atoms with van der Waals surface area (Å²) in [7, 11) is 0. The molecule has 28 heavy (non-hydrogen) atoms. The SMILES string of the molecule is Cc1ccc(OCCNC(=O)CCc2nc3sc4c(c3c(=O)[nH]2)CCC4)cc1. The maximum absolute atomic E-state index is 12.4. The number of hydrogen-bond acceptors (Lipinski definition) is 5. The van der Waals surface area contributed by atoms with Gasteiger partial charge in [0.25, 0.3) is 5.56 Å². The molecule has 6 nitrogen and oxygen atoms in total. The Hall–Kier alpha value is -2.67. The second-order valence-corrected chi connectivity index (χ2v) is 8.15. The number of benzene rings is 1. The van der Waals surface area contributed by atoms with Crippen LogP contribution in [-0.4, -0.2) is 29.0 Å². The van der Waals surface area contributed by atoms with E-state index in [0.29, 0.717) is 25.4 Å². The second kappa shape index (κ2) is 8.14. The highest BCUT2D eigenvalue weighted by molar-refractivity contribution is 7.18. The van der Waals surface area contributed by atoms with E-state index in [0.717, 1.165) is 35.2 Å². The smallest absolute Gasteiger partial charge is 0.259 e. The van der Waals surface area contributed by atoms with Crippen LogP contribution in [-0.2, 0) is 24.1 Å². The quantitative estimate of drug-likeness (QED) is 0.601. The Morgan fingerprint density at radius 3 is 2.93 bits per heavy atom. The van der Waals surface area contributed by atoms with E-state index in [9.17, 15) is 9.59 Å². The molecule has 7 heteroatoms. The number of thiophene rings is 1. The largest absolute Gasteiger partial charge is 0.492 e. The van der Waals surface area contributed by atoms with Gasteiger partial charge in [-0.2, -0.15) is 0 Å². The minimum absolute atomic E-state index is 0.0775. The van der Waals surface area contributed by atoms with Crippen LogP contribution < -0.4 is 15.6 Å². The number of hydrogen-bond donors (Lipinski definition) is 2. The molecule has 146 valence electrons. The number of aromatic nitrogens is 2. The van der Waals surface area contributed by atoms with Gasteiger partial charge in [-0.1, -0.05) is 17.7 Å². The summed E-state index contributed by atoms with van der Waals surface area (Å²) in [6, 6.07) is 7.80. The summed E-state index contributed by atoms with van der Waals surface area (Å²) >= 11 is 1.62. The molecule has 1 aromatic carbocycles. The highest BCUT2D eigenvalue weighted by Gasteiger charge is 2.21. The zero-order valence-electron chi connectivity index (χ0n) is 15.8. The summed E-state index contributed by atoms with van der Waals surface area (Å²) in [5.41, 5.74) is 2.27. The molecule has 0 unspecified atom stereocenters. The number of ether oxygens (including phenoxy) is 1. The maximum Gasteiger partial charge on any atom is 0.259 e. The van der Waals surface area contributed by atoms with E-state index in [1.807, 2.05) is 31.2 Å². The number of carbonyl (C=O) groups excluding carboxylic acids is 1. The van der Waals surface area contributed by atoms with Crippen LogP contribution in [0.3, 0.4) is 0 Å². The van der Waals surface area contributed by atoms with Crippen molar-refractivity contribution in [2.75, 3.05) is 13.2 Å².